The van der Waals surface area contributed by atoms with Gasteiger partial charge in [-0.3, -0.25) is 4.90 Å². The van der Waals surface area contributed by atoms with E-state index in [0.717, 1.165) is 37.2 Å². The molecule has 26 heavy (non-hydrogen) atoms. The molecule has 2 aromatic rings. The van der Waals surface area contributed by atoms with Gasteiger partial charge in [0, 0.05) is 13.1 Å². The molecule has 0 spiro atoms. The molecule has 6 heteroatoms. The van der Waals surface area contributed by atoms with E-state index in [4.69, 9.17) is 0 Å². The summed E-state index contributed by atoms with van der Waals surface area (Å²) in [5, 5.41) is 0. The average Bonchev–Trinajstić information content (AvgIpc) is 2.63. The summed E-state index contributed by atoms with van der Waals surface area (Å²) >= 11 is 0. The minimum Gasteiger partial charge on any atom is -0.299 e. The molecule has 1 saturated heterocycles. The molecule has 0 aromatic heterocycles. The van der Waals surface area contributed by atoms with Crippen molar-refractivity contribution < 1.29 is 12.8 Å². The van der Waals surface area contributed by atoms with Crippen molar-refractivity contribution in [2.75, 3.05) is 13.1 Å². The molecule has 0 bridgehead atoms. The molecule has 1 aliphatic heterocycles. The van der Waals surface area contributed by atoms with Crippen molar-refractivity contribution in [2.45, 2.75) is 37.8 Å². The Kier molecular flexibility index (Phi) is 6.06. The molecule has 0 radical (unpaired) electrons. The lowest BCUT2D eigenvalue weighted by atomic mass is 9.98. The van der Waals surface area contributed by atoms with Gasteiger partial charge >= 0.3 is 0 Å². The monoisotopic (exact) mass is 376 g/mol. The first-order valence-corrected chi connectivity index (χ1v) is 10.5. The van der Waals surface area contributed by atoms with Crippen LogP contribution in [0.3, 0.4) is 0 Å². The first-order valence-electron chi connectivity index (χ1n) is 8.98. The third kappa shape index (κ3) is 4.90. The van der Waals surface area contributed by atoms with Crippen LogP contribution in [0.15, 0.2) is 53.4 Å². The highest BCUT2D eigenvalue weighted by molar-refractivity contribution is 7.89. The summed E-state index contributed by atoms with van der Waals surface area (Å²) in [6, 6.07) is 13.3. The van der Waals surface area contributed by atoms with Crippen LogP contribution in [0.4, 0.5) is 4.39 Å². The highest BCUT2D eigenvalue weighted by atomic mass is 32.2. The summed E-state index contributed by atoms with van der Waals surface area (Å²) in [5.74, 6) is 0.0541. The van der Waals surface area contributed by atoms with Crippen LogP contribution in [0.1, 0.15) is 30.9 Å². The molecule has 2 aromatic carbocycles. The number of nitrogens with one attached hydrogen (secondary N) is 1. The van der Waals surface area contributed by atoms with E-state index in [1.165, 1.54) is 36.6 Å². The molecule has 0 amide bonds. The fourth-order valence-electron chi connectivity index (χ4n) is 3.24. The van der Waals surface area contributed by atoms with Gasteiger partial charge in [-0.15, -0.1) is 0 Å². The van der Waals surface area contributed by atoms with E-state index in [1.807, 2.05) is 18.2 Å². The highest BCUT2D eigenvalue weighted by Crippen LogP contribution is 2.19. The van der Waals surface area contributed by atoms with Crippen molar-refractivity contribution in [3.8, 4) is 0 Å². The number of hydrogen-bond donors (Lipinski definition) is 1. The normalized spacial score (nSPS) is 16.7. The molecular weight excluding hydrogens is 351 g/mol. The van der Waals surface area contributed by atoms with Crippen LogP contribution in [-0.4, -0.2) is 26.4 Å². The van der Waals surface area contributed by atoms with Crippen LogP contribution in [0.5, 0.6) is 0 Å². The molecule has 140 valence electrons. The van der Waals surface area contributed by atoms with Crippen LogP contribution in [0.2, 0.25) is 0 Å². The molecular formula is C20H25FN2O2S. The lowest BCUT2D eigenvalue weighted by Crippen LogP contribution is -2.32. The van der Waals surface area contributed by atoms with Crippen LogP contribution >= 0.6 is 0 Å². The predicted molar refractivity (Wildman–Crippen MR) is 101 cm³/mol. The molecule has 0 atom stereocenters. The summed E-state index contributed by atoms with van der Waals surface area (Å²) in [6.45, 7) is 5.51. The van der Waals surface area contributed by atoms with Crippen LogP contribution in [-0.2, 0) is 23.1 Å². The van der Waals surface area contributed by atoms with Gasteiger partial charge in [0.25, 0.3) is 0 Å². The van der Waals surface area contributed by atoms with Crippen molar-refractivity contribution in [3.63, 3.8) is 0 Å². The van der Waals surface area contributed by atoms with E-state index in [0.29, 0.717) is 0 Å². The fraction of sp³-hybridized carbons (Fsp3) is 0.400. The fourth-order valence-corrected chi connectivity index (χ4v) is 4.33. The third-order valence-corrected chi connectivity index (χ3v) is 6.30. The van der Waals surface area contributed by atoms with E-state index in [9.17, 15) is 12.8 Å². The Morgan fingerprint density at radius 1 is 1.08 bits per heavy atom. The lowest BCUT2D eigenvalue weighted by Gasteiger charge is -2.30. The number of hydrogen-bond acceptors (Lipinski definition) is 3. The maximum Gasteiger partial charge on any atom is 0.243 e. The Balaban J connectivity index is 1.63. The molecule has 0 unspecified atom stereocenters. The summed E-state index contributed by atoms with van der Waals surface area (Å²) in [7, 11) is -3.87. The number of benzene rings is 2. The summed E-state index contributed by atoms with van der Waals surface area (Å²) in [6.07, 6.45) is 2.45. The minimum absolute atomic E-state index is 0.140. The SMILES string of the molecule is CC1CCN(Cc2cccc(CNS(=O)(=O)c3ccccc3F)c2)CC1. The van der Waals surface area contributed by atoms with Gasteiger partial charge in [-0.05, 0) is 55.1 Å². The molecule has 3 rings (SSSR count). The molecule has 1 aliphatic rings. The number of rotatable bonds is 6. The molecule has 1 heterocycles. The van der Waals surface area contributed by atoms with Gasteiger partial charge < -0.3 is 0 Å². The Labute approximate surface area is 155 Å². The van der Waals surface area contributed by atoms with Gasteiger partial charge in [-0.1, -0.05) is 43.3 Å². The predicted octanol–water partition coefficient (Wildman–Crippen LogP) is 3.54. The van der Waals surface area contributed by atoms with Crippen molar-refractivity contribution in [2.24, 2.45) is 5.92 Å². The average molecular weight is 376 g/mol. The first kappa shape index (κ1) is 19.0. The van der Waals surface area contributed by atoms with Crippen molar-refractivity contribution in [3.05, 3.63) is 65.5 Å². The maximum atomic E-state index is 13.7. The van der Waals surface area contributed by atoms with Crippen LogP contribution in [0.25, 0.3) is 0 Å². The van der Waals surface area contributed by atoms with E-state index >= 15 is 0 Å². The second kappa shape index (κ2) is 8.29. The summed E-state index contributed by atoms with van der Waals surface area (Å²) < 4.78 is 40.8. The zero-order valence-electron chi connectivity index (χ0n) is 15.0. The van der Waals surface area contributed by atoms with E-state index in [2.05, 4.69) is 22.6 Å². The zero-order chi connectivity index (χ0) is 18.6. The molecule has 0 saturated carbocycles. The number of piperidine rings is 1. The zero-order valence-corrected chi connectivity index (χ0v) is 15.8. The second-order valence-electron chi connectivity index (χ2n) is 7.03. The lowest BCUT2D eigenvalue weighted by molar-refractivity contribution is 0.185. The van der Waals surface area contributed by atoms with Crippen molar-refractivity contribution >= 4 is 10.0 Å². The Morgan fingerprint density at radius 2 is 1.77 bits per heavy atom. The van der Waals surface area contributed by atoms with E-state index < -0.39 is 15.8 Å². The Bertz CT molecular complexity index is 846. The van der Waals surface area contributed by atoms with E-state index in [-0.39, 0.29) is 11.4 Å². The topological polar surface area (TPSA) is 49.4 Å². The van der Waals surface area contributed by atoms with E-state index in [1.54, 1.807) is 0 Å². The van der Waals surface area contributed by atoms with Crippen molar-refractivity contribution in [1.29, 1.82) is 0 Å². The molecule has 4 nitrogen and oxygen atoms in total. The number of sulfonamides is 1. The van der Waals surface area contributed by atoms with Gasteiger partial charge in [0.2, 0.25) is 10.0 Å². The summed E-state index contributed by atoms with van der Waals surface area (Å²) in [5.41, 5.74) is 2.04. The number of halogens is 1. The highest BCUT2D eigenvalue weighted by Gasteiger charge is 2.18. The maximum absolute atomic E-state index is 13.7. The molecule has 1 N–H and O–H groups in total. The third-order valence-electron chi connectivity index (χ3n) is 4.87. The number of likely N-dealkylation sites (tertiary alicyclic amines) is 1. The molecule has 0 aliphatic carbocycles. The van der Waals surface area contributed by atoms with Gasteiger partial charge in [-0.2, -0.15) is 0 Å². The Hall–Kier alpha value is -1.76. The van der Waals surface area contributed by atoms with Gasteiger partial charge in [0.05, 0.1) is 0 Å². The van der Waals surface area contributed by atoms with Crippen LogP contribution in [0, 0.1) is 11.7 Å². The van der Waals surface area contributed by atoms with Crippen LogP contribution < -0.4 is 4.72 Å². The Morgan fingerprint density at radius 3 is 2.50 bits per heavy atom. The van der Waals surface area contributed by atoms with Gasteiger partial charge in [-0.25, -0.2) is 17.5 Å². The second-order valence-corrected chi connectivity index (χ2v) is 8.77. The number of nitrogens with zero attached hydrogens (tertiary/aromatic N) is 1. The van der Waals surface area contributed by atoms with Crippen molar-refractivity contribution in [1.82, 2.24) is 9.62 Å². The smallest absolute Gasteiger partial charge is 0.243 e. The molecule has 1 fully saturated rings. The van der Waals surface area contributed by atoms with Gasteiger partial charge in [0.1, 0.15) is 10.7 Å². The minimum atomic E-state index is -3.87. The van der Waals surface area contributed by atoms with Gasteiger partial charge in [0.15, 0.2) is 0 Å². The first-order chi connectivity index (χ1) is 12.4. The largest absolute Gasteiger partial charge is 0.299 e. The standard InChI is InChI=1S/C20H25FN2O2S/c1-16-9-11-23(12-10-16)15-18-6-4-5-17(13-18)14-22-26(24,25)20-8-3-2-7-19(20)21/h2-8,13,16,22H,9-12,14-15H2,1H3. The summed E-state index contributed by atoms with van der Waals surface area (Å²) in [4.78, 5) is 2.11. The quantitative estimate of drug-likeness (QED) is 0.839.